The van der Waals surface area contributed by atoms with Gasteiger partial charge in [-0.1, -0.05) is 100 Å². The summed E-state index contributed by atoms with van der Waals surface area (Å²) in [5.41, 5.74) is 3.15. The monoisotopic (exact) mass is 700 g/mol. The molecule has 11 nitrogen and oxygen atoms in total. The summed E-state index contributed by atoms with van der Waals surface area (Å²) in [4.78, 5) is 41.8. The van der Waals surface area contributed by atoms with Crippen molar-refractivity contribution in [2.24, 2.45) is 5.92 Å². The number of alkyl carbamates (subject to hydrolysis) is 1. The highest BCUT2D eigenvalue weighted by molar-refractivity contribution is 6.38. The Bertz CT molecular complexity index is 1620. The zero-order valence-corrected chi connectivity index (χ0v) is 29.8. The second-order valence-electron chi connectivity index (χ2n) is 11.5. The third kappa shape index (κ3) is 11.9. The third-order valence-electron chi connectivity index (χ3n) is 7.78. The highest BCUT2D eigenvalue weighted by Crippen LogP contribution is 2.32. The van der Waals surface area contributed by atoms with Gasteiger partial charge in [-0.15, -0.1) is 10.2 Å². The molecule has 0 saturated carbocycles. The third-order valence-corrected chi connectivity index (χ3v) is 8.29. The second kappa shape index (κ2) is 19.7. The van der Waals surface area contributed by atoms with E-state index in [2.05, 4.69) is 45.0 Å². The average Bonchev–Trinajstić information content (AvgIpc) is 3.66. The van der Waals surface area contributed by atoms with E-state index in [1.165, 1.54) is 12.8 Å². The van der Waals surface area contributed by atoms with E-state index in [4.69, 9.17) is 32.4 Å². The van der Waals surface area contributed by atoms with E-state index in [-0.39, 0.29) is 43.8 Å². The Balaban J connectivity index is 0.00000148. The fourth-order valence-electron chi connectivity index (χ4n) is 4.72. The molecular formula is C35H46Cl2N6O5. The number of aryl methyl sites for hydroxylation is 2. The first-order valence-corrected chi connectivity index (χ1v) is 17.1. The summed E-state index contributed by atoms with van der Waals surface area (Å²) in [6, 6.07) is 11.9. The number of benzene rings is 2. The maximum atomic E-state index is 13.4. The van der Waals surface area contributed by atoms with Crippen molar-refractivity contribution in [1.82, 2.24) is 31.1 Å². The van der Waals surface area contributed by atoms with Gasteiger partial charge in [0, 0.05) is 36.0 Å². The molecule has 0 spiro atoms. The van der Waals surface area contributed by atoms with E-state index in [0.29, 0.717) is 46.6 Å². The summed E-state index contributed by atoms with van der Waals surface area (Å²) in [6.07, 6.45) is 3.92. The van der Waals surface area contributed by atoms with E-state index >= 15 is 0 Å². The second-order valence-corrected chi connectivity index (χ2v) is 12.4. The average molecular weight is 702 g/mol. The Morgan fingerprint density at radius 2 is 1.73 bits per heavy atom. The number of halogens is 2. The molecule has 260 valence electrons. The standard InChI is InChI=1S/C31H36Cl2N6O5.C4H10/c1-4-18(2)28(37-31(42)43-17-20-9-6-5-7-10-20)30(41)35-15-23-22-13-21(32)14-24(33)29(22)36-25(23)11-8-12-26(40)34-16-27-39-38-19(3)44-27;1-3-4-2/h5-7,9-10,13-14,18,28,36H,4,8,11-12,15-17H2,1-3H3,(H,34,40)(H,35,41)(H,37,42);3-4H2,1-2H3/t18?,28-;/m0./s1. The van der Waals surface area contributed by atoms with E-state index in [1.54, 1.807) is 19.1 Å². The van der Waals surface area contributed by atoms with E-state index in [1.807, 2.05) is 44.2 Å². The molecule has 0 bridgehead atoms. The van der Waals surface area contributed by atoms with Crippen LogP contribution in [0.4, 0.5) is 4.79 Å². The van der Waals surface area contributed by atoms with Crippen LogP contribution in [-0.2, 0) is 40.4 Å². The number of ether oxygens (including phenoxy) is 1. The van der Waals surface area contributed by atoms with Crippen LogP contribution in [0.3, 0.4) is 0 Å². The molecule has 0 aliphatic heterocycles. The molecule has 2 heterocycles. The van der Waals surface area contributed by atoms with Gasteiger partial charge in [0.25, 0.3) is 0 Å². The summed E-state index contributed by atoms with van der Waals surface area (Å²) in [7, 11) is 0. The number of aromatic amines is 1. The molecule has 4 aromatic rings. The number of nitrogens with one attached hydrogen (secondary N) is 4. The van der Waals surface area contributed by atoms with Crippen LogP contribution in [0.1, 0.15) is 88.4 Å². The number of H-pyrrole nitrogens is 1. The molecule has 3 amide bonds. The minimum Gasteiger partial charge on any atom is -0.445 e. The Morgan fingerprint density at radius 1 is 1.00 bits per heavy atom. The molecule has 0 radical (unpaired) electrons. The van der Waals surface area contributed by atoms with E-state index < -0.39 is 12.1 Å². The number of hydrogen-bond donors (Lipinski definition) is 4. The maximum absolute atomic E-state index is 13.4. The first kappa shape index (κ1) is 38.4. The van der Waals surface area contributed by atoms with Crippen LogP contribution in [0.5, 0.6) is 0 Å². The van der Waals surface area contributed by atoms with Gasteiger partial charge in [-0.05, 0) is 42.0 Å². The number of fused-ring (bicyclic) bond motifs is 1. The van der Waals surface area contributed by atoms with Crippen molar-refractivity contribution < 1.29 is 23.5 Å². The molecule has 0 saturated heterocycles. The van der Waals surface area contributed by atoms with Crippen LogP contribution >= 0.6 is 23.2 Å². The molecular weight excluding hydrogens is 655 g/mol. The number of hydrogen-bond acceptors (Lipinski definition) is 7. The van der Waals surface area contributed by atoms with Gasteiger partial charge in [-0.3, -0.25) is 9.59 Å². The predicted molar refractivity (Wildman–Crippen MR) is 188 cm³/mol. The SMILES string of the molecule is CCC(C)[C@H](NC(=O)OCc1ccccc1)C(=O)NCc1c(CCCC(=O)NCc2nnc(C)o2)[nH]c2c(Cl)cc(Cl)cc12.CCCC. The summed E-state index contributed by atoms with van der Waals surface area (Å²) in [5, 5.41) is 17.8. The normalized spacial score (nSPS) is 12.1. The van der Waals surface area contributed by atoms with Gasteiger partial charge in [-0.2, -0.15) is 0 Å². The maximum Gasteiger partial charge on any atom is 0.408 e. The minimum atomic E-state index is -0.810. The predicted octanol–water partition coefficient (Wildman–Crippen LogP) is 7.57. The lowest BCUT2D eigenvalue weighted by atomic mass is 9.98. The van der Waals surface area contributed by atoms with Crippen molar-refractivity contribution in [3.63, 3.8) is 0 Å². The van der Waals surface area contributed by atoms with E-state index in [0.717, 1.165) is 22.2 Å². The highest BCUT2D eigenvalue weighted by atomic mass is 35.5. The molecule has 1 unspecified atom stereocenters. The summed E-state index contributed by atoms with van der Waals surface area (Å²) < 4.78 is 10.6. The lowest BCUT2D eigenvalue weighted by Gasteiger charge is -2.23. The summed E-state index contributed by atoms with van der Waals surface area (Å²) in [5.74, 6) is 0.112. The molecule has 48 heavy (non-hydrogen) atoms. The van der Waals surface area contributed by atoms with Gasteiger partial charge in [-0.25, -0.2) is 4.79 Å². The van der Waals surface area contributed by atoms with Crippen molar-refractivity contribution in [3.8, 4) is 0 Å². The number of carbonyl (C=O) groups excluding carboxylic acids is 3. The number of amides is 3. The number of unbranched alkanes of at least 4 members (excludes halogenated alkanes) is 1. The zero-order valence-electron chi connectivity index (χ0n) is 28.3. The first-order valence-electron chi connectivity index (χ1n) is 16.3. The van der Waals surface area contributed by atoms with Gasteiger partial charge in [0.05, 0.1) is 17.1 Å². The summed E-state index contributed by atoms with van der Waals surface area (Å²) >= 11 is 12.8. The molecule has 2 aromatic heterocycles. The van der Waals surface area contributed by atoms with Crippen molar-refractivity contribution in [1.29, 1.82) is 0 Å². The zero-order chi connectivity index (χ0) is 35.1. The molecule has 2 atom stereocenters. The quantitative estimate of drug-likeness (QED) is 0.0998. The smallest absolute Gasteiger partial charge is 0.408 e. The summed E-state index contributed by atoms with van der Waals surface area (Å²) in [6.45, 7) is 10.3. The van der Waals surface area contributed by atoms with Gasteiger partial charge in [0.2, 0.25) is 23.6 Å². The Labute approximate surface area is 291 Å². The number of carbonyl (C=O) groups is 3. The van der Waals surface area contributed by atoms with Crippen LogP contribution in [0.25, 0.3) is 10.9 Å². The first-order chi connectivity index (χ1) is 23.1. The van der Waals surface area contributed by atoms with Crippen molar-refractivity contribution in [2.45, 2.75) is 98.9 Å². The van der Waals surface area contributed by atoms with Crippen LogP contribution in [0, 0.1) is 12.8 Å². The molecule has 13 heteroatoms. The highest BCUT2D eigenvalue weighted by Gasteiger charge is 2.27. The van der Waals surface area contributed by atoms with Gasteiger partial charge >= 0.3 is 6.09 Å². The van der Waals surface area contributed by atoms with Crippen LogP contribution < -0.4 is 16.0 Å². The lowest BCUT2D eigenvalue weighted by Crippen LogP contribution is -2.50. The Morgan fingerprint density at radius 3 is 2.38 bits per heavy atom. The van der Waals surface area contributed by atoms with Gasteiger partial charge in [0.15, 0.2) is 0 Å². The van der Waals surface area contributed by atoms with Gasteiger partial charge < -0.3 is 30.1 Å². The van der Waals surface area contributed by atoms with Crippen molar-refractivity contribution >= 4 is 52.0 Å². The van der Waals surface area contributed by atoms with Crippen molar-refractivity contribution in [2.75, 3.05) is 0 Å². The molecule has 4 N–H and O–H groups in total. The lowest BCUT2D eigenvalue weighted by molar-refractivity contribution is -0.124. The van der Waals surface area contributed by atoms with Crippen LogP contribution in [-0.4, -0.2) is 39.1 Å². The number of rotatable bonds is 15. The van der Waals surface area contributed by atoms with E-state index in [9.17, 15) is 14.4 Å². The minimum absolute atomic E-state index is 0.0936. The fourth-order valence-corrected chi connectivity index (χ4v) is 5.26. The Kier molecular flexibility index (Phi) is 15.7. The molecule has 2 aromatic carbocycles. The van der Waals surface area contributed by atoms with Gasteiger partial charge in [0.1, 0.15) is 12.6 Å². The largest absolute Gasteiger partial charge is 0.445 e. The van der Waals surface area contributed by atoms with Crippen LogP contribution in [0.15, 0.2) is 46.9 Å². The number of aromatic nitrogens is 3. The van der Waals surface area contributed by atoms with Crippen LogP contribution in [0.2, 0.25) is 10.0 Å². The molecule has 0 fully saturated rings. The fraction of sp³-hybridized carbons (Fsp3) is 0.457. The molecule has 4 rings (SSSR count). The van der Waals surface area contributed by atoms with Crippen molar-refractivity contribution in [3.05, 3.63) is 81.1 Å². The number of nitrogens with zero attached hydrogens (tertiary/aromatic N) is 2. The Hall–Kier alpha value is -4.09. The molecule has 0 aliphatic rings. The topological polar surface area (TPSA) is 151 Å². The molecule has 0 aliphatic carbocycles.